The molecule has 0 spiro atoms. The highest BCUT2D eigenvalue weighted by atomic mass is 35.5. The molecule has 1 aliphatic rings. The van der Waals surface area contributed by atoms with Crippen LogP contribution in [0.3, 0.4) is 0 Å². The molecule has 0 saturated heterocycles. The summed E-state index contributed by atoms with van der Waals surface area (Å²) in [4.78, 5) is 28.0. The average Bonchev–Trinajstić information content (AvgIpc) is 3.49. The molecule has 1 fully saturated rings. The largest absolute Gasteiger partial charge is 0.497 e. The molecule has 3 rings (SSSR count). The number of esters is 1. The molecule has 1 aromatic carbocycles. The second-order valence-corrected chi connectivity index (χ2v) is 6.49. The number of hydrogen-bond acceptors (Lipinski definition) is 5. The van der Waals surface area contributed by atoms with Gasteiger partial charge in [-0.25, -0.2) is 9.78 Å². The van der Waals surface area contributed by atoms with E-state index < -0.39 is 5.97 Å². The first-order valence-corrected chi connectivity index (χ1v) is 8.66. The normalized spacial score (nSPS) is 14.4. The summed E-state index contributed by atoms with van der Waals surface area (Å²) in [5, 5.41) is 3.15. The highest BCUT2D eigenvalue weighted by molar-refractivity contribution is 6.29. The van der Waals surface area contributed by atoms with Crippen LogP contribution in [0.1, 0.15) is 34.8 Å². The van der Waals surface area contributed by atoms with E-state index in [2.05, 4.69) is 10.3 Å². The number of hydrogen-bond donors (Lipinski definition) is 1. The maximum absolute atomic E-state index is 12.2. The summed E-state index contributed by atoms with van der Waals surface area (Å²) in [6, 6.07) is 10.4. The Hall–Kier alpha value is -2.60. The van der Waals surface area contributed by atoms with Gasteiger partial charge in [-0.3, -0.25) is 4.79 Å². The van der Waals surface area contributed by atoms with E-state index >= 15 is 0 Å². The second-order valence-electron chi connectivity index (χ2n) is 6.10. The number of amides is 1. The first-order valence-electron chi connectivity index (χ1n) is 8.29. The number of rotatable bonds is 7. The fraction of sp³-hybridized carbons (Fsp3) is 0.316. The van der Waals surface area contributed by atoms with Crippen molar-refractivity contribution in [2.45, 2.75) is 18.9 Å². The fourth-order valence-corrected chi connectivity index (χ4v) is 2.85. The molecule has 1 heterocycles. The van der Waals surface area contributed by atoms with E-state index in [0.717, 1.165) is 24.2 Å². The van der Waals surface area contributed by atoms with Gasteiger partial charge in [0.15, 0.2) is 6.61 Å². The van der Waals surface area contributed by atoms with Crippen LogP contribution in [-0.4, -0.2) is 30.6 Å². The number of aromatic nitrogens is 1. The van der Waals surface area contributed by atoms with Gasteiger partial charge in [-0.05, 0) is 48.6 Å². The molecule has 1 aliphatic carbocycles. The Morgan fingerprint density at radius 1 is 1.27 bits per heavy atom. The van der Waals surface area contributed by atoms with Gasteiger partial charge in [-0.2, -0.15) is 0 Å². The predicted molar refractivity (Wildman–Crippen MR) is 96.1 cm³/mol. The molecule has 2 aromatic rings. The molecule has 1 N–H and O–H groups in total. The summed E-state index contributed by atoms with van der Waals surface area (Å²) in [6.07, 6.45) is 3.53. The van der Waals surface area contributed by atoms with Crippen LogP contribution < -0.4 is 10.1 Å². The number of carbonyl (C=O) groups is 2. The molecule has 1 saturated carbocycles. The molecule has 1 unspecified atom stereocenters. The Kier molecular flexibility index (Phi) is 5.73. The highest BCUT2D eigenvalue weighted by Crippen LogP contribution is 2.41. The lowest BCUT2D eigenvalue weighted by molar-refractivity contribution is -0.125. The van der Waals surface area contributed by atoms with Crippen LogP contribution in [0.2, 0.25) is 5.15 Å². The van der Waals surface area contributed by atoms with Crippen molar-refractivity contribution < 1.29 is 19.1 Å². The first-order chi connectivity index (χ1) is 12.6. The van der Waals surface area contributed by atoms with Gasteiger partial charge >= 0.3 is 5.97 Å². The molecule has 0 bridgehead atoms. The zero-order valence-corrected chi connectivity index (χ0v) is 15.0. The maximum atomic E-state index is 12.2. The van der Waals surface area contributed by atoms with E-state index in [9.17, 15) is 9.59 Å². The number of benzene rings is 1. The van der Waals surface area contributed by atoms with Crippen LogP contribution in [0.15, 0.2) is 42.6 Å². The molecule has 6 nitrogen and oxygen atoms in total. The molecule has 136 valence electrons. The van der Waals surface area contributed by atoms with Crippen molar-refractivity contribution in [1.82, 2.24) is 10.3 Å². The summed E-state index contributed by atoms with van der Waals surface area (Å²) in [6.45, 7) is -0.349. The fourth-order valence-electron chi connectivity index (χ4n) is 2.67. The van der Waals surface area contributed by atoms with Gasteiger partial charge in [0.1, 0.15) is 10.9 Å². The third-order valence-corrected chi connectivity index (χ3v) is 4.39. The molecule has 7 heteroatoms. The summed E-state index contributed by atoms with van der Waals surface area (Å²) < 4.78 is 10.2. The van der Waals surface area contributed by atoms with Crippen LogP contribution >= 0.6 is 11.6 Å². The van der Waals surface area contributed by atoms with Gasteiger partial charge in [0, 0.05) is 6.20 Å². The van der Waals surface area contributed by atoms with Crippen molar-refractivity contribution in [3.05, 3.63) is 58.9 Å². The number of pyridine rings is 1. The van der Waals surface area contributed by atoms with Gasteiger partial charge in [0.25, 0.3) is 5.91 Å². The Balaban J connectivity index is 1.57. The van der Waals surface area contributed by atoms with E-state index in [1.807, 2.05) is 24.3 Å². The van der Waals surface area contributed by atoms with Crippen molar-refractivity contribution in [2.75, 3.05) is 13.7 Å². The summed E-state index contributed by atoms with van der Waals surface area (Å²) in [5.74, 6) is 0.213. The van der Waals surface area contributed by atoms with E-state index in [1.54, 1.807) is 7.11 Å². The van der Waals surface area contributed by atoms with E-state index in [1.165, 1.54) is 18.3 Å². The minimum absolute atomic E-state index is 0.0949. The third kappa shape index (κ3) is 4.73. The van der Waals surface area contributed by atoms with Crippen molar-refractivity contribution in [3.63, 3.8) is 0 Å². The molecular formula is C19H19ClN2O4. The maximum Gasteiger partial charge on any atom is 0.338 e. The average molecular weight is 375 g/mol. The number of halogens is 1. The van der Waals surface area contributed by atoms with Crippen LogP contribution in [0.4, 0.5) is 0 Å². The third-order valence-electron chi connectivity index (χ3n) is 4.18. The van der Waals surface area contributed by atoms with Crippen LogP contribution in [0.25, 0.3) is 0 Å². The summed E-state index contributed by atoms with van der Waals surface area (Å²) >= 11 is 5.74. The molecule has 26 heavy (non-hydrogen) atoms. The molecule has 1 atom stereocenters. The van der Waals surface area contributed by atoms with Gasteiger partial charge in [-0.15, -0.1) is 0 Å². The molecule has 1 amide bonds. The zero-order valence-electron chi connectivity index (χ0n) is 14.3. The van der Waals surface area contributed by atoms with Gasteiger partial charge < -0.3 is 14.8 Å². The number of ether oxygens (including phenoxy) is 2. The number of nitrogens with one attached hydrogen (secondary N) is 1. The first kappa shape index (κ1) is 18.2. The standard InChI is InChI=1S/C19H19ClN2O4/c1-25-15-6-4-13(5-7-15)18(12-2-3-12)22-17(23)11-26-19(24)14-8-9-21-16(20)10-14/h4-10,12,18H,2-3,11H2,1H3,(H,22,23). The van der Waals surface area contributed by atoms with Crippen LogP contribution in [0, 0.1) is 5.92 Å². The Bertz CT molecular complexity index is 790. The molecular weight excluding hydrogens is 356 g/mol. The van der Waals surface area contributed by atoms with E-state index in [4.69, 9.17) is 21.1 Å². The smallest absolute Gasteiger partial charge is 0.338 e. The quantitative estimate of drug-likeness (QED) is 0.595. The van der Waals surface area contributed by atoms with Gasteiger partial charge in [-0.1, -0.05) is 23.7 Å². The van der Waals surface area contributed by atoms with Crippen molar-refractivity contribution in [1.29, 1.82) is 0 Å². The minimum Gasteiger partial charge on any atom is -0.497 e. The number of carbonyl (C=O) groups excluding carboxylic acids is 2. The van der Waals surface area contributed by atoms with E-state index in [0.29, 0.717) is 5.92 Å². The van der Waals surface area contributed by atoms with Gasteiger partial charge in [0.05, 0.1) is 18.7 Å². The summed E-state index contributed by atoms with van der Waals surface area (Å²) in [7, 11) is 1.61. The van der Waals surface area contributed by atoms with Crippen molar-refractivity contribution in [2.24, 2.45) is 5.92 Å². The van der Waals surface area contributed by atoms with E-state index in [-0.39, 0.29) is 29.3 Å². The SMILES string of the molecule is COc1ccc(C(NC(=O)COC(=O)c2ccnc(Cl)c2)C2CC2)cc1. The Morgan fingerprint density at radius 2 is 2.00 bits per heavy atom. The van der Waals surface area contributed by atoms with Crippen LogP contribution in [0.5, 0.6) is 5.75 Å². The summed E-state index contributed by atoms with van der Waals surface area (Å²) in [5.41, 5.74) is 1.26. The van der Waals surface area contributed by atoms with Crippen molar-refractivity contribution in [3.8, 4) is 5.75 Å². The topological polar surface area (TPSA) is 77.5 Å². The lowest BCUT2D eigenvalue weighted by Gasteiger charge is -2.19. The Labute approximate surface area is 156 Å². The minimum atomic E-state index is -0.614. The zero-order chi connectivity index (χ0) is 18.5. The second kappa shape index (κ2) is 8.19. The lowest BCUT2D eigenvalue weighted by atomic mass is 10.0. The lowest BCUT2D eigenvalue weighted by Crippen LogP contribution is -2.33. The number of methoxy groups -OCH3 is 1. The highest BCUT2D eigenvalue weighted by Gasteiger charge is 2.33. The molecule has 1 aromatic heterocycles. The van der Waals surface area contributed by atoms with Gasteiger partial charge in [0.2, 0.25) is 0 Å². The van der Waals surface area contributed by atoms with Crippen molar-refractivity contribution >= 4 is 23.5 Å². The van der Waals surface area contributed by atoms with Crippen LogP contribution in [-0.2, 0) is 9.53 Å². The predicted octanol–water partition coefficient (Wildman–Crippen LogP) is 3.17. The molecule has 0 aliphatic heterocycles. The number of nitrogens with zero attached hydrogens (tertiary/aromatic N) is 1. The monoisotopic (exact) mass is 374 g/mol. The Morgan fingerprint density at radius 3 is 2.62 bits per heavy atom. The molecule has 0 radical (unpaired) electrons.